The van der Waals surface area contributed by atoms with Crippen LogP contribution in [0.25, 0.3) is 10.8 Å². The number of rotatable bonds is 3. The fourth-order valence-electron chi connectivity index (χ4n) is 3.45. The van der Waals surface area contributed by atoms with E-state index in [4.69, 9.17) is 0 Å². The summed E-state index contributed by atoms with van der Waals surface area (Å²) in [4.78, 5) is 24.6. The molecule has 0 aliphatic heterocycles. The van der Waals surface area contributed by atoms with Crippen molar-refractivity contribution in [3.63, 3.8) is 0 Å². The molecular formula is C18H23N3O2. The number of benzene rings is 1. The first-order chi connectivity index (χ1) is 11.1. The predicted octanol–water partition coefficient (Wildman–Crippen LogP) is 2.17. The van der Waals surface area contributed by atoms with Gasteiger partial charge >= 0.3 is 0 Å². The first-order valence-electron chi connectivity index (χ1n) is 8.30. The zero-order valence-electron chi connectivity index (χ0n) is 13.7. The summed E-state index contributed by atoms with van der Waals surface area (Å²) in [6, 6.07) is 7.60. The summed E-state index contributed by atoms with van der Waals surface area (Å²) in [5, 5.41) is 8.82. The second-order valence-corrected chi connectivity index (χ2v) is 6.53. The molecule has 0 spiro atoms. The molecule has 2 aromatic rings. The van der Waals surface area contributed by atoms with Crippen molar-refractivity contribution in [1.82, 2.24) is 15.1 Å². The first-order valence-corrected chi connectivity index (χ1v) is 8.30. The molecule has 1 N–H and O–H groups in total. The molecule has 3 rings (SSSR count). The zero-order chi connectivity index (χ0) is 16.4. The molecule has 1 aliphatic rings. The van der Waals surface area contributed by atoms with E-state index in [1.807, 2.05) is 18.2 Å². The first kappa shape index (κ1) is 15.7. The third-order valence-electron chi connectivity index (χ3n) is 4.82. The van der Waals surface area contributed by atoms with Gasteiger partial charge in [-0.2, -0.15) is 5.10 Å². The van der Waals surface area contributed by atoms with Crippen molar-refractivity contribution in [2.45, 2.75) is 45.1 Å². The quantitative estimate of drug-likeness (QED) is 0.944. The molecule has 0 radical (unpaired) electrons. The van der Waals surface area contributed by atoms with E-state index in [2.05, 4.69) is 17.3 Å². The van der Waals surface area contributed by atoms with Gasteiger partial charge < -0.3 is 5.32 Å². The third-order valence-corrected chi connectivity index (χ3v) is 4.82. The number of nitrogens with zero attached hydrogens (tertiary/aromatic N) is 2. The van der Waals surface area contributed by atoms with Crippen LogP contribution >= 0.6 is 0 Å². The monoisotopic (exact) mass is 313 g/mol. The van der Waals surface area contributed by atoms with Crippen LogP contribution in [0.5, 0.6) is 0 Å². The molecule has 1 heterocycles. The van der Waals surface area contributed by atoms with Gasteiger partial charge in [0.15, 0.2) is 0 Å². The van der Waals surface area contributed by atoms with Crippen molar-refractivity contribution < 1.29 is 4.79 Å². The summed E-state index contributed by atoms with van der Waals surface area (Å²) in [6.07, 6.45) is 4.86. The van der Waals surface area contributed by atoms with Gasteiger partial charge in [0, 0.05) is 18.5 Å². The van der Waals surface area contributed by atoms with E-state index < -0.39 is 0 Å². The third kappa shape index (κ3) is 3.28. The molecule has 23 heavy (non-hydrogen) atoms. The zero-order valence-corrected chi connectivity index (χ0v) is 13.7. The van der Waals surface area contributed by atoms with E-state index in [1.165, 1.54) is 23.9 Å². The number of carbonyl (C=O) groups is 1. The van der Waals surface area contributed by atoms with Crippen LogP contribution in [0.15, 0.2) is 29.1 Å². The second kappa shape index (κ2) is 6.52. The van der Waals surface area contributed by atoms with Crippen LogP contribution in [0.2, 0.25) is 0 Å². The Labute approximate surface area is 135 Å². The van der Waals surface area contributed by atoms with Crippen LogP contribution < -0.4 is 10.9 Å². The van der Waals surface area contributed by atoms with E-state index in [1.54, 1.807) is 13.1 Å². The molecule has 5 heteroatoms. The Bertz CT molecular complexity index is 781. The van der Waals surface area contributed by atoms with E-state index >= 15 is 0 Å². The van der Waals surface area contributed by atoms with Gasteiger partial charge in [0.25, 0.3) is 5.56 Å². The standard InChI is InChI=1S/C18H23N3O2/c1-12-7-3-6-10-15(12)19-17(22)11-16-13-8-4-5-9-14(13)18(23)21(2)20-16/h4-5,8-9,12,15H,3,6-7,10-11H2,1-2H3,(H,19,22)/t12-,15+/m1/s1. The Balaban J connectivity index is 1.82. The molecule has 1 aromatic heterocycles. The Morgan fingerprint density at radius 1 is 1.26 bits per heavy atom. The van der Waals surface area contributed by atoms with E-state index in [-0.39, 0.29) is 23.9 Å². The van der Waals surface area contributed by atoms with Crippen molar-refractivity contribution in [3.8, 4) is 0 Å². The highest BCUT2D eigenvalue weighted by molar-refractivity contribution is 5.88. The molecule has 1 aromatic carbocycles. The highest BCUT2D eigenvalue weighted by Crippen LogP contribution is 2.24. The maximum Gasteiger partial charge on any atom is 0.274 e. The molecule has 2 atom stereocenters. The average Bonchev–Trinajstić information content (AvgIpc) is 2.54. The number of carbonyl (C=O) groups excluding carboxylic acids is 1. The fourth-order valence-corrected chi connectivity index (χ4v) is 3.45. The van der Waals surface area contributed by atoms with E-state index in [0.717, 1.165) is 11.8 Å². The number of amides is 1. The van der Waals surface area contributed by atoms with Crippen molar-refractivity contribution in [3.05, 3.63) is 40.3 Å². The number of aryl methyl sites for hydroxylation is 1. The number of nitrogens with one attached hydrogen (secondary N) is 1. The van der Waals surface area contributed by atoms with Crippen molar-refractivity contribution in [2.24, 2.45) is 13.0 Å². The number of aromatic nitrogens is 2. The molecule has 0 bridgehead atoms. The Kier molecular flexibility index (Phi) is 4.46. The topological polar surface area (TPSA) is 64.0 Å². The van der Waals surface area contributed by atoms with Crippen LogP contribution in [0.4, 0.5) is 0 Å². The minimum absolute atomic E-state index is 0.0138. The van der Waals surface area contributed by atoms with Gasteiger partial charge in [-0.1, -0.05) is 38.0 Å². The highest BCUT2D eigenvalue weighted by Gasteiger charge is 2.23. The van der Waals surface area contributed by atoms with E-state index in [9.17, 15) is 9.59 Å². The number of hydrogen-bond acceptors (Lipinski definition) is 3. The van der Waals surface area contributed by atoms with Gasteiger partial charge in [-0.3, -0.25) is 9.59 Å². The van der Waals surface area contributed by atoms with Crippen LogP contribution in [0.3, 0.4) is 0 Å². The van der Waals surface area contributed by atoms with Gasteiger partial charge in [0.05, 0.1) is 17.5 Å². The minimum atomic E-state index is -0.134. The molecular weight excluding hydrogens is 290 g/mol. The Morgan fingerprint density at radius 3 is 2.70 bits per heavy atom. The Hall–Kier alpha value is -2.17. The summed E-state index contributed by atoms with van der Waals surface area (Å²) >= 11 is 0. The molecule has 5 nitrogen and oxygen atoms in total. The maximum absolute atomic E-state index is 12.4. The average molecular weight is 313 g/mol. The fraction of sp³-hybridized carbons (Fsp3) is 0.500. The van der Waals surface area contributed by atoms with Crippen molar-refractivity contribution >= 4 is 16.7 Å². The van der Waals surface area contributed by atoms with Crippen LogP contribution in [0.1, 0.15) is 38.3 Å². The normalized spacial score (nSPS) is 21.3. The SMILES string of the molecule is C[C@@H]1CCCC[C@@H]1NC(=O)Cc1nn(C)c(=O)c2ccccc12. The lowest BCUT2D eigenvalue weighted by atomic mass is 9.86. The molecule has 1 saturated carbocycles. The predicted molar refractivity (Wildman–Crippen MR) is 90.3 cm³/mol. The largest absolute Gasteiger partial charge is 0.353 e. The van der Waals surface area contributed by atoms with Gasteiger partial charge in [0.1, 0.15) is 0 Å². The lowest BCUT2D eigenvalue weighted by Gasteiger charge is -2.29. The number of fused-ring (bicyclic) bond motifs is 1. The summed E-state index contributed by atoms with van der Waals surface area (Å²) in [5.41, 5.74) is 0.523. The van der Waals surface area contributed by atoms with Gasteiger partial charge in [-0.25, -0.2) is 4.68 Å². The lowest BCUT2D eigenvalue weighted by molar-refractivity contribution is -0.121. The molecule has 1 amide bonds. The van der Waals surface area contributed by atoms with Crippen LogP contribution in [0, 0.1) is 5.92 Å². The van der Waals surface area contributed by atoms with Gasteiger partial charge in [-0.05, 0) is 24.8 Å². The summed E-state index contributed by atoms with van der Waals surface area (Å²) in [7, 11) is 1.62. The highest BCUT2D eigenvalue weighted by atomic mass is 16.2. The smallest absolute Gasteiger partial charge is 0.274 e. The summed E-state index contributed by atoms with van der Waals surface area (Å²) in [5.74, 6) is 0.512. The minimum Gasteiger partial charge on any atom is -0.353 e. The van der Waals surface area contributed by atoms with Crippen molar-refractivity contribution in [1.29, 1.82) is 0 Å². The van der Waals surface area contributed by atoms with Crippen molar-refractivity contribution in [2.75, 3.05) is 0 Å². The lowest BCUT2D eigenvalue weighted by Crippen LogP contribution is -2.42. The molecule has 122 valence electrons. The second-order valence-electron chi connectivity index (χ2n) is 6.53. The molecule has 1 aliphatic carbocycles. The number of hydrogen-bond donors (Lipinski definition) is 1. The molecule has 0 saturated heterocycles. The maximum atomic E-state index is 12.4. The Morgan fingerprint density at radius 2 is 1.96 bits per heavy atom. The molecule has 0 unspecified atom stereocenters. The van der Waals surface area contributed by atoms with Gasteiger partial charge in [-0.15, -0.1) is 0 Å². The molecule has 1 fully saturated rings. The van der Waals surface area contributed by atoms with Crippen LogP contribution in [-0.4, -0.2) is 21.7 Å². The summed E-state index contributed by atoms with van der Waals surface area (Å²) < 4.78 is 1.31. The van der Waals surface area contributed by atoms with Gasteiger partial charge in [0.2, 0.25) is 5.91 Å². The summed E-state index contributed by atoms with van der Waals surface area (Å²) in [6.45, 7) is 2.20. The van der Waals surface area contributed by atoms with E-state index in [0.29, 0.717) is 17.0 Å². The van der Waals surface area contributed by atoms with Crippen LogP contribution in [-0.2, 0) is 18.3 Å².